The fourth-order valence-electron chi connectivity index (χ4n) is 8.57. The zero-order valence-electron chi connectivity index (χ0n) is 62.8. The molecule has 0 aliphatic heterocycles. The van der Waals surface area contributed by atoms with Crippen LogP contribution in [0.1, 0.15) is 145 Å². The normalized spacial score (nSPS) is 10.6. The number of aliphatic hydroxyl groups excluding tert-OH is 1. The zero-order chi connectivity index (χ0) is 84.3. The summed E-state index contributed by atoms with van der Waals surface area (Å²) in [5, 5.41) is 39.1. The standard InChI is InChI=1S/C20H20BrClO4.2C20H20ClNO6.C17H15ClO4.C3H7BrO.Ag.HNO3/c1-20(2,19(24)25-13-3-12-21)26-17-10-6-15(7-11-17)18(23)14-4-8-16(22)9-5-14;2*1-20(2,19(24)26-12-3-13-27-22-25)28-17-10-6-15(7-11-17)18(23)14-4-8-16(21)9-5-14;1-17(2,16(20)21)22-14-9-5-12(6-10-14)15(19)11-3-7-13(18)8-4-11;4-2-1-3-5;;2-1(3)4/h4-11H,3,12-13H2,1-2H3;2*4-11H,3,12-13H2,1-2H3;3-10H,1-2H3,(H,20,21);5H,1-3H2;;(H,2,3,4). The van der Waals surface area contributed by atoms with Crippen molar-refractivity contribution in [3.8, 4) is 23.0 Å². The Bertz CT molecular complexity index is 4210. The minimum absolute atomic E-state index is 0. The van der Waals surface area contributed by atoms with Crippen molar-refractivity contribution >= 4 is 125 Å². The molecule has 0 spiro atoms. The molecule has 0 aliphatic carbocycles. The molecule has 0 fully saturated rings. The second-order valence-electron chi connectivity index (χ2n) is 25.2. The number of ketones is 4. The summed E-state index contributed by atoms with van der Waals surface area (Å²) >= 11 is 29.7. The van der Waals surface area contributed by atoms with Crippen molar-refractivity contribution in [2.24, 2.45) is 10.7 Å². The molecule has 0 unspecified atom stereocenters. The van der Waals surface area contributed by atoms with Gasteiger partial charge in [-0.25, -0.2) is 19.2 Å². The predicted octanol–water partition coefficient (Wildman–Crippen LogP) is 18.0. The number of aliphatic carboxylic acids is 1. The van der Waals surface area contributed by atoms with Crippen molar-refractivity contribution < 1.29 is 124 Å². The molecule has 0 saturated heterocycles. The summed E-state index contributed by atoms with van der Waals surface area (Å²) in [6.07, 6.45) is 2.29. The van der Waals surface area contributed by atoms with Gasteiger partial charge in [-0.05, 0) is 262 Å². The number of alkyl halides is 2. The minimum atomic E-state index is -1.50. The van der Waals surface area contributed by atoms with Crippen molar-refractivity contribution in [1.82, 2.24) is 0 Å². The molecule has 34 heteroatoms. The van der Waals surface area contributed by atoms with E-state index in [9.17, 15) is 48.2 Å². The minimum Gasteiger partial charge on any atom is -0.478 e. The van der Waals surface area contributed by atoms with Gasteiger partial charge >= 0.3 is 23.9 Å². The molecule has 0 atom stereocenters. The third-order valence-electron chi connectivity index (χ3n) is 14.5. The van der Waals surface area contributed by atoms with E-state index in [0.717, 1.165) is 23.5 Å². The number of esters is 3. The van der Waals surface area contributed by atoms with Gasteiger partial charge in [0.2, 0.25) is 0 Å². The van der Waals surface area contributed by atoms with E-state index in [-0.39, 0.29) is 71.9 Å². The van der Waals surface area contributed by atoms with Gasteiger partial charge in [-0.2, -0.15) is 0 Å². The van der Waals surface area contributed by atoms with Crippen molar-refractivity contribution in [1.29, 1.82) is 0 Å². The SMILES string of the molecule is CC(C)(Oc1ccc(C(=O)c2ccc(Cl)cc2)cc1)C(=O)O.CC(C)(Oc1ccc(C(=O)c2ccc(Cl)cc2)cc1)C(=O)OCCCBr.CC(C)(Oc1ccc(C(=O)c2ccc(Cl)cc2)cc1)C(=O)OCCCON=O.CC(C)(Oc1ccc(C(=O)c2ccc(Cl)cc2)cc1)C(=O)OCCCON=O.O=[N+]([O-])O.OCCCBr.[Ag]. The van der Waals surface area contributed by atoms with Crippen LogP contribution in [0.3, 0.4) is 0 Å². The van der Waals surface area contributed by atoms with E-state index < -0.39 is 51.4 Å². The zero-order valence-corrected chi connectivity index (χ0v) is 70.5. The van der Waals surface area contributed by atoms with Crippen LogP contribution in [0.2, 0.25) is 20.1 Å². The first kappa shape index (κ1) is 100. The molecular weight excluding hydrogens is 1800 g/mol. The number of carbonyl (C=O) groups excluding carboxylic acids is 7. The Morgan fingerprint density at radius 2 is 0.561 bits per heavy atom. The van der Waals surface area contributed by atoms with Gasteiger partial charge in [-0.1, -0.05) is 78.3 Å². The van der Waals surface area contributed by atoms with E-state index in [0.29, 0.717) is 114 Å². The summed E-state index contributed by atoms with van der Waals surface area (Å²) in [6, 6.07) is 52.5. The van der Waals surface area contributed by atoms with E-state index in [1.54, 1.807) is 236 Å². The van der Waals surface area contributed by atoms with Crippen molar-refractivity contribution in [2.75, 3.05) is 50.3 Å². The largest absolute Gasteiger partial charge is 0.478 e. The molecule has 114 heavy (non-hydrogen) atoms. The Morgan fingerprint density at radius 1 is 0.368 bits per heavy atom. The molecule has 0 heterocycles. The number of halogens is 6. The summed E-state index contributed by atoms with van der Waals surface area (Å²) in [5.41, 5.74) is -0.792. The summed E-state index contributed by atoms with van der Waals surface area (Å²) in [6.45, 7) is 13.5. The number of carboxylic acids is 1. The number of hydrogen-bond acceptors (Lipinski definition) is 24. The van der Waals surface area contributed by atoms with Crippen molar-refractivity contribution in [3.63, 3.8) is 0 Å². The first-order valence-corrected chi connectivity index (χ1v) is 37.8. The number of carbonyl (C=O) groups is 8. The van der Waals surface area contributed by atoms with Crippen LogP contribution in [0.5, 0.6) is 23.0 Å². The third-order valence-corrected chi connectivity index (χ3v) is 16.6. The topological polar surface area (TPSA) is 382 Å². The molecule has 8 aromatic rings. The number of aliphatic hydroxyl groups is 1. The number of carboxylic acid groups (broad SMARTS) is 1. The number of nitrogens with zero attached hydrogens (tertiary/aromatic N) is 3. The molecule has 0 bridgehead atoms. The molecule has 27 nitrogen and oxygen atoms in total. The van der Waals surface area contributed by atoms with Gasteiger partial charge in [-0.15, -0.1) is 19.9 Å². The van der Waals surface area contributed by atoms with Crippen LogP contribution in [0.15, 0.2) is 205 Å². The van der Waals surface area contributed by atoms with Gasteiger partial charge in [0, 0.05) is 117 Å². The Labute approximate surface area is 710 Å². The average molecular weight is 1880 g/mol. The molecule has 0 saturated carbocycles. The maximum absolute atomic E-state index is 12.5. The number of rotatable bonds is 35. The van der Waals surface area contributed by atoms with E-state index >= 15 is 0 Å². The number of benzene rings is 8. The van der Waals surface area contributed by atoms with Gasteiger partial charge in [0.25, 0.3) is 5.09 Å². The Kier molecular flexibility index (Phi) is 45.8. The van der Waals surface area contributed by atoms with Crippen molar-refractivity contribution in [3.05, 3.63) is 279 Å². The van der Waals surface area contributed by atoms with E-state index in [1.165, 1.54) is 13.8 Å². The van der Waals surface area contributed by atoms with Crippen LogP contribution in [0.25, 0.3) is 0 Å². The van der Waals surface area contributed by atoms with Crippen LogP contribution in [0.4, 0.5) is 0 Å². The van der Waals surface area contributed by atoms with E-state index in [2.05, 4.69) is 52.2 Å². The molecule has 3 N–H and O–H groups in total. The van der Waals surface area contributed by atoms with E-state index in [1.807, 2.05) is 0 Å². The fraction of sp³-hybridized carbons (Fsp3) is 0.300. The van der Waals surface area contributed by atoms with Gasteiger partial charge < -0.3 is 58.3 Å². The molecule has 8 aromatic carbocycles. The van der Waals surface area contributed by atoms with Crippen LogP contribution < -0.4 is 18.9 Å². The predicted molar refractivity (Wildman–Crippen MR) is 430 cm³/mol. The number of ether oxygens (including phenoxy) is 7. The quantitative estimate of drug-likeness (QED) is 0.00382. The van der Waals surface area contributed by atoms with Crippen molar-refractivity contribution in [2.45, 2.75) is 103 Å². The molecule has 1 radical (unpaired) electrons. The molecule has 0 aliphatic rings. The van der Waals surface area contributed by atoms with Gasteiger partial charge in [-0.3, -0.25) is 19.2 Å². The molecule has 615 valence electrons. The van der Waals surface area contributed by atoms with E-state index in [4.69, 9.17) is 105 Å². The molecular formula is C80H83AgBr2Cl4N3O24. The summed E-state index contributed by atoms with van der Waals surface area (Å²) in [5.74, 6) is -1.44. The van der Waals surface area contributed by atoms with Gasteiger partial charge in [0.05, 0.1) is 19.8 Å². The smallest absolute Gasteiger partial charge is 0.349 e. The first-order chi connectivity index (χ1) is 53.4. The molecule has 0 amide bonds. The fourth-order valence-corrected chi connectivity index (χ4v) is 9.55. The van der Waals surface area contributed by atoms with Crippen LogP contribution >= 0.6 is 78.3 Å². The molecule has 8 rings (SSSR count). The van der Waals surface area contributed by atoms with Crippen LogP contribution in [0, 0.1) is 19.9 Å². The van der Waals surface area contributed by atoms with Crippen LogP contribution in [-0.2, 0) is 65.4 Å². The first-order valence-electron chi connectivity index (χ1n) is 34.0. The maximum Gasteiger partial charge on any atom is 0.349 e. The monoisotopic (exact) mass is 1870 g/mol. The second-order valence-corrected chi connectivity index (χ2v) is 28.5. The van der Waals surface area contributed by atoms with Crippen LogP contribution in [-0.4, -0.2) is 140 Å². The Hall–Kier alpha value is -9.66. The average Bonchev–Trinajstić information content (AvgIpc) is 0.846. The molecule has 0 aromatic heterocycles. The summed E-state index contributed by atoms with van der Waals surface area (Å²) in [7, 11) is 0. The Balaban J connectivity index is 0.000000496. The summed E-state index contributed by atoms with van der Waals surface area (Å²) < 4.78 is 37.9. The van der Waals surface area contributed by atoms with Gasteiger partial charge in [0.1, 0.15) is 36.2 Å². The maximum atomic E-state index is 12.5. The third kappa shape index (κ3) is 37.5. The Morgan fingerprint density at radius 3 is 0.737 bits per heavy atom. The summed E-state index contributed by atoms with van der Waals surface area (Å²) in [4.78, 5) is 134. The number of hydrogen-bond donors (Lipinski definition) is 3. The van der Waals surface area contributed by atoms with Gasteiger partial charge in [0.15, 0.2) is 56.2 Å². The second kappa shape index (κ2) is 52.0.